The number of halogens is 3. The molecule has 0 aromatic heterocycles. The van der Waals surface area contributed by atoms with Crippen molar-refractivity contribution in [1.29, 1.82) is 0 Å². The van der Waals surface area contributed by atoms with Gasteiger partial charge in [0.25, 0.3) is 0 Å². The molecular weight excluding hydrogens is 246 g/mol. The Kier molecular flexibility index (Phi) is 5.42. The number of hydrogen-bond donors (Lipinski definition) is 0. The van der Waals surface area contributed by atoms with Gasteiger partial charge in [-0.25, -0.2) is 0 Å². The summed E-state index contributed by atoms with van der Waals surface area (Å²) in [4.78, 5) is 0. The van der Waals surface area contributed by atoms with Crippen molar-refractivity contribution >= 4 is 17.7 Å². The number of alkyl halides is 3. The minimum Gasteiger partial charge on any atom is -0.435 e. The highest BCUT2D eigenvalue weighted by atomic mass is 35.5. The molecule has 1 aromatic rings. The molecule has 0 spiro atoms. The first-order valence-corrected chi connectivity index (χ1v) is 5.87. The molecule has 0 aliphatic heterocycles. The fourth-order valence-electron chi connectivity index (χ4n) is 1.32. The van der Waals surface area contributed by atoms with Gasteiger partial charge in [-0.1, -0.05) is 37.6 Å². The van der Waals surface area contributed by atoms with Gasteiger partial charge in [0, 0.05) is 5.88 Å². The maximum atomic E-state index is 11.9. The number of hydrogen-bond acceptors (Lipinski definition) is 1. The molecular formula is C13H15ClF2O. The van der Waals surface area contributed by atoms with Gasteiger partial charge < -0.3 is 4.74 Å². The average Bonchev–Trinajstić information content (AvgIpc) is 2.26. The van der Waals surface area contributed by atoms with Crippen LogP contribution in [0.5, 0.6) is 5.75 Å². The minimum atomic E-state index is -2.79. The molecule has 0 fully saturated rings. The summed E-state index contributed by atoms with van der Waals surface area (Å²) in [5.74, 6) is 0.992. The maximum Gasteiger partial charge on any atom is 0.387 e. The SMILES string of the molecule is CC(C)C(=Cc1ccc(OC(F)F)cc1)CCl. The van der Waals surface area contributed by atoms with Gasteiger partial charge in [-0.3, -0.25) is 0 Å². The molecule has 1 aromatic carbocycles. The van der Waals surface area contributed by atoms with Gasteiger partial charge in [0.1, 0.15) is 5.75 Å². The molecule has 94 valence electrons. The lowest BCUT2D eigenvalue weighted by Gasteiger charge is -2.08. The third-order valence-corrected chi connectivity index (χ3v) is 2.66. The van der Waals surface area contributed by atoms with E-state index >= 15 is 0 Å². The fourth-order valence-corrected chi connectivity index (χ4v) is 1.70. The van der Waals surface area contributed by atoms with Crippen molar-refractivity contribution in [3.05, 3.63) is 35.4 Å². The average molecular weight is 261 g/mol. The van der Waals surface area contributed by atoms with E-state index in [1.165, 1.54) is 12.1 Å². The Morgan fingerprint density at radius 3 is 2.29 bits per heavy atom. The maximum absolute atomic E-state index is 11.9. The molecule has 0 unspecified atom stereocenters. The van der Waals surface area contributed by atoms with E-state index in [0.29, 0.717) is 11.8 Å². The van der Waals surface area contributed by atoms with Crippen LogP contribution >= 0.6 is 11.6 Å². The van der Waals surface area contributed by atoms with E-state index in [4.69, 9.17) is 11.6 Å². The van der Waals surface area contributed by atoms with Gasteiger partial charge in [0.05, 0.1) is 0 Å². The Hall–Kier alpha value is -1.09. The quantitative estimate of drug-likeness (QED) is 0.705. The lowest BCUT2D eigenvalue weighted by Crippen LogP contribution is -2.01. The van der Waals surface area contributed by atoms with Crippen LogP contribution in [0.3, 0.4) is 0 Å². The van der Waals surface area contributed by atoms with E-state index in [0.717, 1.165) is 11.1 Å². The Morgan fingerprint density at radius 1 is 1.29 bits per heavy atom. The van der Waals surface area contributed by atoms with Crippen molar-refractivity contribution in [1.82, 2.24) is 0 Å². The third-order valence-electron chi connectivity index (χ3n) is 2.35. The van der Waals surface area contributed by atoms with Crippen LogP contribution in [-0.4, -0.2) is 12.5 Å². The van der Waals surface area contributed by atoms with E-state index in [9.17, 15) is 8.78 Å². The smallest absolute Gasteiger partial charge is 0.387 e. The molecule has 1 rings (SSSR count). The summed E-state index contributed by atoms with van der Waals surface area (Å²) in [6.45, 7) is 1.33. The summed E-state index contributed by atoms with van der Waals surface area (Å²) in [5.41, 5.74) is 2.03. The molecule has 0 amide bonds. The van der Waals surface area contributed by atoms with Crippen LogP contribution in [0.15, 0.2) is 29.8 Å². The molecule has 1 nitrogen and oxygen atoms in total. The van der Waals surface area contributed by atoms with Crippen LogP contribution in [-0.2, 0) is 0 Å². The van der Waals surface area contributed by atoms with Crippen molar-refractivity contribution in [2.45, 2.75) is 20.5 Å². The highest BCUT2D eigenvalue weighted by Gasteiger charge is 2.04. The van der Waals surface area contributed by atoms with Gasteiger partial charge in [-0.15, -0.1) is 11.6 Å². The van der Waals surface area contributed by atoms with Gasteiger partial charge in [-0.2, -0.15) is 8.78 Å². The van der Waals surface area contributed by atoms with Crippen LogP contribution in [0.1, 0.15) is 19.4 Å². The zero-order valence-corrected chi connectivity index (χ0v) is 10.5. The molecule has 4 heteroatoms. The van der Waals surface area contributed by atoms with Crippen molar-refractivity contribution < 1.29 is 13.5 Å². The van der Waals surface area contributed by atoms with E-state index < -0.39 is 6.61 Å². The minimum absolute atomic E-state index is 0.161. The van der Waals surface area contributed by atoms with Crippen LogP contribution in [0, 0.1) is 5.92 Å². The molecule has 0 aliphatic carbocycles. The summed E-state index contributed by atoms with van der Waals surface area (Å²) in [6, 6.07) is 6.49. The highest BCUT2D eigenvalue weighted by molar-refractivity contribution is 6.19. The second-order valence-electron chi connectivity index (χ2n) is 3.96. The Morgan fingerprint density at radius 2 is 1.88 bits per heavy atom. The van der Waals surface area contributed by atoms with Crippen LogP contribution in [0.2, 0.25) is 0 Å². The van der Waals surface area contributed by atoms with Gasteiger partial charge in [-0.05, 0) is 23.6 Å². The lowest BCUT2D eigenvalue weighted by molar-refractivity contribution is -0.0498. The molecule has 0 bridgehead atoms. The second kappa shape index (κ2) is 6.60. The molecule has 0 saturated heterocycles. The van der Waals surface area contributed by atoms with Gasteiger partial charge in [0.15, 0.2) is 0 Å². The van der Waals surface area contributed by atoms with Crippen LogP contribution < -0.4 is 4.74 Å². The van der Waals surface area contributed by atoms with Crippen LogP contribution in [0.25, 0.3) is 6.08 Å². The Bertz CT molecular complexity index is 372. The summed E-state index contributed by atoms with van der Waals surface area (Å²) < 4.78 is 28.1. The van der Waals surface area contributed by atoms with Crippen LogP contribution in [0.4, 0.5) is 8.78 Å². The monoisotopic (exact) mass is 260 g/mol. The van der Waals surface area contributed by atoms with E-state index in [1.807, 2.05) is 6.08 Å². The van der Waals surface area contributed by atoms with E-state index in [2.05, 4.69) is 18.6 Å². The summed E-state index contributed by atoms with van der Waals surface area (Å²) in [7, 11) is 0. The van der Waals surface area contributed by atoms with Gasteiger partial charge >= 0.3 is 6.61 Å². The predicted octanol–water partition coefficient (Wildman–Crippen LogP) is 4.57. The normalized spacial score (nSPS) is 12.3. The fraction of sp³-hybridized carbons (Fsp3) is 0.385. The predicted molar refractivity (Wildman–Crippen MR) is 66.6 cm³/mol. The van der Waals surface area contributed by atoms with Gasteiger partial charge in [0.2, 0.25) is 0 Å². The molecule has 0 radical (unpaired) electrons. The summed E-state index contributed by atoms with van der Waals surface area (Å²) >= 11 is 5.82. The van der Waals surface area contributed by atoms with E-state index in [-0.39, 0.29) is 5.75 Å². The second-order valence-corrected chi connectivity index (χ2v) is 4.22. The molecule has 0 aliphatic rings. The number of ether oxygens (including phenoxy) is 1. The van der Waals surface area contributed by atoms with Crippen molar-refractivity contribution in [3.63, 3.8) is 0 Å². The Balaban J connectivity index is 2.80. The van der Waals surface area contributed by atoms with Crippen molar-refractivity contribution in [2.75, 3.05) is 5.88 Å². The number of benzene rings is 1. The highest BCUT2D eigenvalue weighted by Crippen LogP contribution is 2.19. The molecule has 0 heterocycles. The first-order chi connectivity index (χ1) is 8.02. The van der Waals surface area contributed by atoms with Crippen molar-refractivity contribution in [2.24, 2.45) is 5.92 Å². The zero-order chi connectivity index (χ0) is 12.8. The lowest BCUT2D eigenvalue weighted by atomic mass is 10.0. The first-order valence-electron chi connectivity index (χ1n) is 5.34. The molecule has 0 N–H and O–H groups in total. The number of rotatable bonds is 5. The Labute approximate surface area is 105 Å². The molecule has 17 heavy (non-hydrogen) atoms. The molecule has 0 saturated carbocycles. The largest absolute Gasteiger partial charge is 0.435 e. The summed E-state index contributed by atoms with van der Waals surface area (Å²) in [6.07, 6.45) is 1.96. The zero-order valence-electron chi connectivity index (χ0n) is 9.79. The first kappa shape index (κ1) is 14.0. The third kappa shape index (κ3) is 4.73. The molecule has 0 atom stereocenters. The number of allylic oxidation sites excluding steroid dienone is 1. The summed E-state index contributed by atoms with van der Waals surface area (Å²) in [5, 5.41) is 0. The van der Waals surface area contributed by atoms with E-state index in [1.54, 1.807) is 12.1 Å². The van der Waals surface area contributed by atoms with Crippen molar-refractivity contribution in [3.8, 4) is 5.75 Å². The topological polar surface area (TPSA) is 9.23 Å². The standard InChI is InChI=1S/C13H15ClF2O/c1-9(2)11(8-14)7-10-3-5-12(6-4-10)17-13(15)16/h3-7,9,13H,8H2,1-2H3.